The summed E-state index contributed by atoms with van der Waals surface area (Å²) in [5.41, 5.74) is 8.05. The topological polar surface area (TPSA) is 38.9 Å². The normalized spacial score (nSPS) is 11.0. The van der Waals surface area contributed by atoms with E-state index in [9.17, 15) is 0 Å². The van der Waals surface area contributed by atoms with Crippen LogP contribution in [0.1, 0.15) is 25.5 Å². The Morgan fingerprint density at radius 1 is 1.25 bits per heavy atom. The Balaban J connectivity index is 2.50. The van der Waals surface area contributed by atoms with Gasteiger partial charge in [-0.3, -0.25) is 0 Å². The fourth-order valence-electron chi connectivity index (χ4n) is 1.55. The SMILES string of the molecule is CC(C)c1nc(N)sc1-c1ccc(Br)cc1. The van der Waals surface area contributed by atoms with Crippen molar-refractivity contribution >= 4 is 32.4 Å². The fraction of sp³-hybridized carbons (Fsp3) is 0.250. The number of nitrogens with two attached hydrogens (primary N) is 1. The number of benzene rings is 1. The van der Waals surface area contributed by atoms with Crippen molar-refractivity contribution in [3.63, 3.8) is 0 Å². The molecule has 1 heterocycles. The van der Waals surface area contributed by atoms with Crippen molar-refractivity contribution in [1.82, 2.24) is 4.98 Å². The summed E-state index contributed by atoms with van der Waals surface area (Å²) in [7, 11) is 0. The molecule has 0 spiro atoms. The molecule has 2 N–H and O–H groups in total. The molecule has 1 aromatic carbocycles. The predicted octanol–water partition coefficient (Wildman–Crippen LogP) is 4.28. The van der Waals surface area contributed by atoms with E-state index in [0.717, 1.165) is 10.2 Å². The molecule has 2 aromatic rings. The highest BCUT2D eigenvalue weighted by Gasteiger charge is 2.14. The van der Waals surface area contributed by atoms with Crippen molar-refractivity contribution in [1.29, 1.82) is 0 Å². The summed E-state index contributed by atoms with van der Waals surface area (Å²) in [4.78, 5) is 5.57. The van der Waals surface area contributed by atoms with Crippen molar-refractivity contribution in [3.05, 3.63) is 34.4 Å². The maximum absolute atomic E-state index is 5.78. The van der Waals surface area contributed by atoms with Crippen molar-refractivity contribution in [2.75, 3.05) is 5.73 Å². The third-order valence-electron chi connectivity index (χ3n) is 2.32. The molecule has 84 valence electrons. The van der Waals surface area contributed by atoms with Crippen LogP contribution in [0.4, 0.5) is 5.13 Å². The number of nitrogens with zero attached hydrogens (tertiary/aromatic N) is 1. The van der Waals surface area contributed by atoms with E-state index in [4.69, 9.17) is 5.73 Å². The molecule has 0 saturated carbocycles. The molecule has 2 rings (SSSR count). The summed E-state index contributed by atoms with van der Waals surface area (Å²) < 4.78 is 1.08. The van der Waals surface area contributed by atoms with Gasteiger partial charge in [0.05, 0.1) is 10.6 Å². The van der Waals surface area contributed by atoms with E-state index >= 15 is 0 Å². The number of halogens is 1. The summed E-state index contributed by atoms with van der Waals surface area (Å²) >= 11 is 4.99. The number of rotatable bonds is 2. The van der Waals surface area contributed by atoms with Gasteiger partial charge in [0.25, 0.3) is 0 Å². The molecule has 0 aliphatic rings. The lowest BCUT2D eigenvalue weighted by Crippen LogP contribution is -1.91. The van der Waals surface area contributed by atoms with Gasteiger partial charge in [0.2, 0.25) is 0 Å². The van der Waals surface area contributed by atoms with Gasteiger partial charge in [0.15, 0.2) is 5.13 Å². The molecule has 16 heavy (non-hydrogen) atoms. The summed E-state index contributed by atoms with van der Waals surface area (Å²) in [5, 5.41) is 0.640. The standard InChI is InChI=1S/C12H13BrN2S/c1-7(2)10-11(16-12(14)15-10)8-3-5-9(13)6-4-8/h3-7H,1-2H3,(H2,14,15). The molecule has 0 bridgehead atoms. The molecule has 2 nitrogen and oxygen atoms in total. The van der Waals surface area contributed by atoms with Crippen LogP contribution in [0, 0.1) is 0 Å². The van der Waals surface area contributed by atoms with E-state index in [1.54, 1.807) is 11.3 Å². The zero-order valence-electron chi connectivity index (χ0n) is 9.20. The Labute approximate surface area is 108 Å². The summed E-state index contributed by atoms with van der Waals surface area (Å²) in [6.45, 7) is 4.27. The molecule has 0 amide bonds. The van der Waals surface area contributed by atoms with E-state index in [2.05, 4.69) is 46.9 Å². The number of hydrogen-bond acceptors (Lipinski definition) is 3. The zero-order chi connectivity index (χ0) is 11.7. The monoisotopic (exact) mass is 296 g/mol. The Hall–Kier alpha value is -0.870. The first-order valence-electron chi connectivity index (χ1n) is 5.10. The molecule has 0 radical (unpaired) electrons. The molecule has 0 fully saturated rings. The first kappa shape index (κ1) is 11.6. The highest BCUT2D eigenvalue weighted by molar-refractivity contribution is 9.10. The third kappa shape index (κ3) is 2.28. The Kier molecular flexibility index (Phi) is 3.30. The second kappa shape index (κ2) is 4.55. The van der Waals surface area contributed by atoms with Gasteiger partial charge < -0.3 is 5.73 Å². The van der Waals surface area contributed by atoms with Crippen molar-refractivity contribution in [2.45, 2.75) is 19.8 Å². The number of aromatic nitrogens is 1. The van der Waals surface area contributed by atoms with Gasteiger partial charge in [-0.15, -0.1) is 0 Å². The average Bonchev–Trinajstić information content (AvgIpc) is 2.61. The van der Waals surface area contributed by atoms with E-state index in [-0.39, 0.29) is 0 Å². The van der Waals surface area contributed by atoms with Crippen LogP contribution in [0.25, 0.3) is 10.4 Å². The maximum Gasteiger partial charge on any atom is 0.180 e. The van der Waals surface area contributed by atoms with Gasteiger partial charge >= 0.3 is 0 Å². The van der Waals surface area contributed by atoms with Crippen LogP contribution in [-0.4, -0.2) is 4.98 Å². The maximum atomic E-state index is 5.78. The minimum absolute atomic E-state index is 0.396. The van der Waals surface area contributed by atoms with Gasteiger partial charge in [-0.05, 0) is 23.6 Å². The van der Waals surface area contributed by atoms with Crippen molar-refractivity contribution in [2.24, 2.45) is 0 Å². The summed E-state index contributed by atoms with van der Waals surface area (Å²) in [6.07, 6.45) is 0. The van der Waals surface area contributed by atoms with E-state index < -0.39 is 0 Å². The van der Waals surface area contributed by atoms with E-state index in [1.165, 1.54) is 10.4 Å². The lowest BCUT2D eigenvalue weighted by molar-refractivity contribution is 0.836. The Morgan fingerprint density at radius 3 is 2.44 bits per heavy atom. The molecule has 4 heteroatoms. The molecule has 0 aliphatic carbocycles. The molecular formula is C12H13BrN2S. The minimum Gasteiger partial charge on any atom is -0.375 e. The van der Waals surface area contributed by atoms with Crippen LogP contribution in [-0.2, 0) is 0 Å². The van der Waals surface area contributed by atoms with Gasteiger partial charge in [-0.1, -0.05) is 53.2 Å². The van der Waals surface area contributed by atoms with Crippen LogP contribution < -0.4 is 5.73 Å². The van der Waals surface area contributed by atoms with Gasteiger partial charge in [-0.2, -0.15) is 0 Å². The first-order chi connectivity index (χ1) is 7.58. The second-order valence-electron chi connectivity index (χ2n) is 3.93. The first-order valence-corrected chi connectivity index (χ1v) is 6.71. The molecule has 0 atom stereocenters. The molecule has 1 aromatic heterocycles. The Bertz CT molecular complexity index is 488. The number of anilines is 1. The van der Waals surface area contributed by atoms with E-state index in [1.807, 2.05) is 12.1 Å². The lowest BCUT2D eigenvalue weighted by Gasteiger charge is -2.05. The largest absolute Gasteiger partial charge is 0.375 e. The Morgan fingerprint density at radius 2 is 1.88 bits per heavy atom. The van der Waals surface area contributed by atoms with Crippen molar-refractivity contribution in [3.8, 4) is 10.4 Å². The van der Waals surface area contributed by atoms with Crippen LogP contribution in [0.15, 0.2) is 28.7 Å². The zero-order valence-corrected chi connectivity index (χ0v) is 11.6. The van der Waals surface area contributed by atoms with Gasteiger partial charge in [0, 0.05) is 4.47 Å². The lowest BCUT2D eigenvalue weighted by atomic mass is 10.1. The third-order valence-corrected chi connectivity index (χ3v) is 3.80. The summed E-state index contributed by atoms with van der Waals surface area (Å²) in [5.74, 6) is 0.396. The quantitative estimate of drug-likeness (QED) is 0.898. The summed E-state index contributed by atoms with van der Waals surface area (Å²) in [6, 6.07) is 8.25. The van der Waals surface area contributed by atoms with Crippen LogP contribution >= 0.6 is 27.3 Å². The highest BCUT2D eigenvalue weighted by Crippen LogP contribution is 2.35. The van der Waals surface area contributed by atoms with Crippen LogP contribution in [0.2, 0.25) is 0 Å². The second-order valence-corrected chi connectivity index (χ2v) is 5.87. The number of thiazole rings is 1. The highest BCUT2D eigenvalue weighted by atomic mass is 79.9. The predicted molar refractivity (Wildman–Crippen MR) is 73.8 cm³/mol. The minimum atomic E-state index is 0.396. The van der Waals surface area contributed by atoms with Gasteiger partial charge in [0.1, 0.15) is 0 Å². The molecule has 0 saturated heterocycles. The smallest absolute Gasteiger partial charge is 0.180 e. The van der Waals surface area contributed by atoms with Gasteiger partial charge in [-0.25, -0.2) is 4.98 Å². The molecular weight excluding hydrogens is 284 g/mol. The average molecular weight is 297 g/mol. The van der Waals surface area contributed by atoms with Crippen molar-refractivity contribution < 1.29 is 0 Å². The van der Waals surface area contributed by atoms with Crippen LogP contribution in [0.3, 0.4) is 0 Å². The molecule has 0 unspecified atom stereocenters. The molecule has 0 aliphatic heterocycles. The fourth-order valence-corrected chi connectivity index (χ4v) is 2.81. The number of nitrogen functional groups attached to an aromatic ring is 1. The number of hydrogen-bond donors (Lipinski definition) is 1. The van der Waals surface area contributed by atoms with Crippen LogP contribution in [0.5, 0.6) is 0 Å². The van der Waals surface area contributed by atoms with E-state index in [0.29, 0.717) is 11.0 Å².